The second-order valence-electron chi connectivity index (χ2n) is 6.67. The molecule has 0 spiro atoms. The number of nitrogens with zero attached hydrogens (tertiary/aromatic N) is 1. The van der Waals surface area contributed by atoms with Gasteiger partial charge in [0.25, 0.3) is 0 Å². The maximum Gasteiger partial charge on any atom is 0.410 e. The molecule has 2 rings (SSSR count). The molecule has 1 unspecified atom stereocenters. The van der Waals surface area contributed by atoms with Crippen molar-refractivity contribution in [3.05, 3.63) is 22.4 Å². The van der Waals surface area contributed by atoms with Gasteiger partial charge in [-0.3, -0.25) is 0 Å². The minimum atomic E-state index is -0.429. The number of hydrogen-bond acceptors (Lipinski definition) is 4. The molecule has 0 aromatic carbocycles. The van der Waals surface area contributed by atoms with E-state index in [2.05, 4.69) is 29.8 Å². The zero-order valence-electron chi connectivity index (χ0n) is 13.4. The van der Waals surface area contributed by atoms with Crippen LogP contribution in [-0.2, 0) is 4.74 Å². The Bertz CT molecular complexity index is 453. The number of carbonyl (C=O) groups excluding carboxylic acids is 1. The number of carbonyl (C=O) groups is 1. The van der Waals surface area contributed by atoms with Crippen molar-refractivity contribution in [1.82, 2.24) is 10.2 Å². The SMILES string of the molecule is CC(N[C@@H]1CCCN(C(=O)OC(C)(C)C)C1)c1cccs1. The van der Waals surface area contributed by atoms with Gasteiger partial charge in [-0.05, 0) is 52.0 Å². The Balaban J connectivity index is 1.87. The number of likely N-dealkylation sites (tertiary alicyclic amines) is 1. The van der Waals surface area contributed by atoms with E-state index in [1.807, 2.05) is 25.7 Å². The van der Waals surface area contributed by atoms with E-state index in [-0.39, 0.29) is 6.09 Å². The maximum atomic E-state index is 12.2. The van der Waals surface area contributed by atoms with Crippen molar-refractivity contribution in [3.8, 4) is 0 Å². The Labute approximate surface area is 131 Å². The van der Waals surface area contributed by atoms with Crippen LogP contribution in [0.15, 0.2) is 17.5 Å². The van der Waals surface area contributed by atoms with E-state index in [4.69, 9.17) is 4.74 Å². The first-order valence-corrected chi connectivity index (χ1v) is 8.50. The lowest BCUT2D eigenvalue weighted by Gasteiger charge is -2.35. The number of thiophene rings is 1. The molecule has 4 nitrogen and oxygen atoms in total. The molecule has 2 atom stereocenters. The summed E-state index contributed by atoms with van der Waals surface area (Å²) in [5.41, 5.74) is -0.429. The normalized spacial score (nSPS) is 21.1. The largest absolute Gasteiger partial charge is 0.444 e. The summed E-state index contributed by atoms with van der Waals surface area (Å²) in [5, 5.41) is 5.73. The van der Waals surface area contributed by atoms with Crippen LogP contribution in [0.3, 0.4) is 0 Å². The minimum absolute atomic E-state index is 0.197. The van der Waals surface area contributed by atoms with Crippen molar-refractivity contribution in [3.63, 3.8) is 0 Å². The summed E-state index contributed by atoms with van der Waals surface area (Å²) in [4.78, 5) is 15.3. The van der Waals surface area contributed by atoms with Gasteiger partial charge in [-0.1, -0.05) is 6.07 Å². The van der Waals surface area contributed by atoms with Gasteiger partial charge in [-0.25, -0.2) is 4.79 Å². The second-order valence-corrected chi connectivity index (χ2v) is 7.65. The first-order chi connectivity index (χ1) is 9.85. The fourth-order valence-electron chi connectivity index (χ4n) is 2.58. The molecule has 0 bridgehead atoms. The molecule has 1 aromatic rings. The van der Waals surface area contributed by atoms with Gasteiger partial charge in [0.1, 0.15) is 5.60 Å². The first kappa shape index (κ1) is 16.3. The summed E-state index contributed by atoms with van der Waals surface area (Å²) < 4.78 is 5.46. The van der Waals surface area contributed by atoms with E-state index >= 15 is 0 Å². The number of nitrogens with one attached hydrogen (secondary N) is 1. The van der Waals surface area contributed by atoms with Gasteiger partial charge in [0, 0.05) is 30.1 Å². The van der Waals surface area contributed by atoms with Gasteiger partial charge in [-0.2, -0.15) is 0 Å². The predicted molar refractivity (Wildman–Crippen MR) is 86.7 cm³/mol. The summed E-state index contributed by atoms with van der Waals surface area (Å²) in [6.07, 6.45) is 1.93. The van der Waals surface area contributed by atoms with Gasteiger partial charge in [0.05, 0.1) is 0 Å². The highest BCUT2D eigenvalue weighted by Crippen LogP contribution is 2.21. The molecule has 0 radical (unpaired) electrons. The highest BCUT2D eigenvalue weighted by Gasteiger charge is 2.28. The molecule has 1 amide bonds. The third-order valence-corrected chi connectivity index (χ3v) is 4.58. The highest BCUT2D eigenvalue weighted by atomic mass is 32.1. The Morgan fingerprint density at radius 3 is 2.90 bits per heavy atom. The molecule has 21 heavy (non-hydrogen) atoms. The smallest absolute Gasteiger partial charge is 0.410 e. The maximum absolute atomic E-state index is 12.2. The number of piperidine rings is 1. The van der Waals surface area contributed by atoms with Crippen LogP contribution in [0.5, 0.6) is 0 Å². The van der Waals surface area contributed by atoms with Crippen molar-refractivity contribution in [2.24, 2.45) is 0 Å². The van der Waals surface area contributed by atoms with E-state index in [1.54, 1.807) is 11.3 Å². The molecule has 1 aromatic heterocycles. The molecule has 0 aliphatic carbocycles. The molecule has 0 saturated carbocycles. The summed E-state index contributed by atoms with van der Waals surface area (Å²) in [6, 6.07) is 4.89. The molecule has 5 heteroatoms. The van der Waals surface area contributed by atoms with E-state index < -0.39 is 5.60 Å². The van der Waals surface area contributed by atoms with Crippen LogP contribution in [0.2, 0.25) is 0 Å². The molecule has 1 aliphatic rings. The van der Waals surface area contributed by atoms with E-state index in [1.165, 1.54) is 4.88 Å². The summed E-state index contributed by atoms with van der Waals surface area (Å²) in [6.45, 7) is 9.42. The fourth-order valence-corrected chi connectivity index (χ4v) is 3.32. The van der Waals surface area contributed by atoms with Gasteiger partial charge in [0.15, 0.2) is 0 Å². The van der Waals surface area contributed by atoms with Crippen LogP contribution in [0.4, 0.5) is 4.79 Å². The van der Waals surface area contributed by atoms with Gasteiger partial charge >= 0.3 is 6.09 Å². The lowest BCUT2D eigenvalue weighted by molar-refractivity contribution is 0.0184. The lowest BCUT2D eigenvalue weighted by atomic mass is 10.0. The van der Waals surface area contributed by atoms with E-state index in [0.29, 0.717) is 12.1 Å². The van der Waals surface area contributed by atoms with Crippen molar-refractivity contribution in [2.75, 3.05) is 13.1 Å². The average molecular weight is 310 g/mol. The quantitative estimate of drug-likeness (QED) is 0.923. The van der Waals surface area contributed by atoms with Crippen molar-refractivity contribution in [2.45, 2.75) is 58.2 Å². The van der Waals surface area contributed by atoms with E-state index in [0.717, 1.165) is 25.9 Å². The van der Waals surface area contributed by atoms with Gasteiger partial charge in [-0.15, -0.1) is 11.3 Å². The Hall–Kier alpha value is -1.07. The van der Waals surface area contributed by atoms with Gasteiger partial charge < -0.3 is 15.0 Å². The van der Waals surface area contributed by atoms with Crippen molar-refractivity contribution in [1.29, 1.82) is 0 Å². The third-order valence-electron chi connectivity index (χ3n) is 3.53. The molecular formula is C16H26N2O2S. The lowest BCUT2D eigenvalue weighted by Crippen LogP contribution is -2.49. The molecule has 1 fully saturated rings. The number of amides is 1. The fraction of sp³-hybridized carbons (Fsp3) is 0.688. The Kier molecular flexibility index (Phi) is 5.27. The number of rotatable bonds is 3. The van der Waals surface area contributed by atoms with Crippen molar-refractivity contribution >= 4 is 17.4 Å². The number of ether oxygens (including phenoxy) is 1. The summed E-state index contributed by atoms with van der Waals surface area (Å²) >= 11 is 1.77. The minimum Gasteiger partial charge on any atom is -0.444 e. The number of hydrogen-bond donors (Lipinski definition) is 1. The third kappa shape index (κ3) is 5.00. The standard InChI is InChI=1S/C16H26N2O2S/c1-12(14-8-6-10-21-14)17-13-7-5-9-18(11-13)15(19)20-16(2,3)4/h6,8,10,12-13,17H,5,7,9,11H2,1-4H3/t12?,13-/m1/s1. The predicted octanol–water partition coefficient (Wildman–Crippen LogP) is 3.80. The van der Waals surface area contributed by atoms with Crippen molar-refractivity contribution < 1.29 is 9.53 Å². The van der Waals surface area contributed by atoms with Crippen LogP contribution in [0, 0.1) is 0 Å². The molecule has 1 N–H and O–H groups in total. The van der Waals surface area contributed by atoms with Crippen LogP contribution in [0.25, 0.3) is 0 Å². The summed E-state index contributed by atoms with van der Waals surface area (Å²) in [5.74, 6) is 0. The van der Waals surface area contributed by atoms with Crippen LogP contribution in [0.1, 0.15) is 51.5 Å². The first-order valence-electron chi connectivity index (χ1n) is 7.62. The zero-order chi connectivity index (χ0) is 15.5. The van der Waals surface area contributed by atoms with Crippen LogP contribution in [-0.4, -0.2) is 35.7 Å². The highest BCUT2D eigenvalue weighted by molar-refractivity contribution is 7.10. The van der Waals surface area contributed by atoms with E-state index in [9.17, 15) is 4.79 Å². The molecule has 1 saturated heterocycles. The average Bonchev–Trinajstić information content (AvgIpc) is 2.91. The summed E-state index contributed by atoms with van der Waals surface area (Å²) in [7, 11) is 0. The molecular weight excluding hydrogens is 284 g/mol. The topological polar surface area (TPSA) is 41.6 Å². The van der Waals surface area contributed by atoms with Crippen LogP contribution >= 0.6 is 11.3 Å². The second kappa shape index (κ2) is 6.79. The monoisotopic (exact) mass is 310 g/mol. The Morgan fingerprint density at radius 1 is 1.52 bits per heavy atom. The van der Waals surface area contributed by atoms with Crippen LogP contribution < -0.4 is 5.32 Å². The molecule has 2 heterocycles. The Morgan fingerprint density at radius 2 is 2.29 bits per heavy atom. The zero-order valence-corrected chi connectivity index (χ0v) is 14.2. The van der Waals surface area contributed by atoms with Gasteiger partial charge in [0.2, 0.25) is 0 Å². The molecule has 118 valence electrons. The molecule has 1 aliphatic heterocycles.